The third-order valence-electron chi connectivity index (χ3n) is 5.17. The molecule has 1 aromatic heterocycles. The lowest BCUT2D eigenvalue weighted by atomic mass is 10.2. The van der Waals surface area contributed by atoms with Crippen molar-refractivity contribution >= 4 is 55.1 Å². The molecule has 0 aliphatic carbocycles. The van der Waals surface area contributed by atoms with Gasteiger partial charge in [0.15, 0.2) is 4.80 Å². The highest BCUT2D eigenvalue weighted by atomic mass is 35.5. The fourth-order valence-electron chi connectivity index (χ4n) is 3.51. The number of thiazole rings is 1. The number of para-hydroxylation sites is 1. The van der Waals surface area contributed by atoms with Crippen molar-refractivity contribution in [2.75, 3.05) is 20.2 Å². The molecule has 0 unspecified atom stereocenters. The summed E-state index contributed by atoms with van der Waals surface area (Å²) >= 11 is 7.53. The highest BCUT2D eigenvalue weighted by Crippen LogP contribution is 2.26. The van der Waals surface area contributed by atoms with Crippen molar-refractivity contribution in [1.82, 2.24) is 8.87 Å². The van der Waals surface area contributed by atoms with Crippen LogP contribution in [-0.4, -0.2) is 49.4 Å². The zero-order valence-corrected chi connectivity index (χ0v) is 19.5. The largest absolute Gasteiger partial charge is 0.468 e. The first-order chi connectivity index (χ1) is 15.3. The monoisotopic (exact) mass is 493 g/mol. The van der Waals surface area contributed by atoms with Gasteiger partial charge in [0.2, 0.25) is 10.0 Å². The van der Waals surface area contributed by atoms with E-state index in [0.29, 0.717) is 23.6 Å². The fourth-order valence-corrected chi connectivity index (χ4v) is 6.42. The molecular weight excluding hydrogens is 474 g/mol. The number of carbonyl (C=O) groups is 2. The maximum atomic E-state index is 12.8. The van der Waals surface area contributed by atoms with Crippen molar-refractivity contribution in [2.24, 2.45) is 4.99 Å². The van der Waals surface area contributed by atoms with E-state index in [0.717, 1.165) is 17.5 Å². The molecule has 0 spiro atoms. The van der Waals surface area contributed by atoms with E-state index in [9.17, 15) is 18.0 Å². The molecule has 0 bridgehead atoms. The first kappa shape index (κ1) is 22.7. The molecule has 1 aliphatic heterocycles. The number of ether oxygens (including phenoxy) is 1. The van der Waals surface area contributed by atoms with E-state index in [4.69, 9.17) is 16.3 Å². The summed E-state index contributed by atoms with van der Waals surface area (Å²) in [5, 5.41) is 0.424. The minimum atomic E-state index is -3.56. The summed E-state index contributed by atoms with van der Waals surface area (Å²) in [6.45, 7) is 0.861. The Kier molecular flexibility index (Phi) is 6.47. The van der Waals surface area contributed by atoms with E-state index in [-0.39, 0.29) is 21.8 Å². The summed E-state index contributed by atoms with van der Waals surface area (Å²) in [4.78, 5) is 29.3. The molecule has 0 atom stereocenters. The van der Waals surface area contributed by atoms with Crippen LogP contribution in [0.5, 0.6) is 0 Å². The van der Waals surface area contributed by atoms with Crippen LogP contribution in [0, 0.1) is 0 Å². The van der Waals surface area contributed by atoms with Crippen molar-refractivity contribution in [3.63, 3.8) is 0 Å². The Balaban J connectivity index is 1.70. The molecule has 3 aromatic rings. The van der Waals surface area contributed by atoms with Gasteiger partial charge in [-0.15, -0.1) is 0 Å². The minimum absolute atomic E-state index is 0.144. The molecule has 168 valence electrons. The van der Waals surface area contributed by atoms with Gasteiger partial charge in [0.1, 0.15) is 6.54 Å². The molecule has 32 heavy (non-hydrogen) atoms. The third kappa shape index (κ3) is 4.36. The lowest BCUT2D eigenvalue weighted by Gasteiger charge is -2.15. The van der Waals surface area contributed by atoms with Crippen molar-refractivity contribution < 1.29 is 22.7 Å². The van der Waals surface area contributed by atoms with Crippen LogP contribution in [0.25, 0.3) is 10.2 Å². The number of sulfonamides is 1. The lowest BCUT2D eigenvalue weighted by Crippen LogP contribution is -2.27. The topological polar surface area (TPSA) is 98.0 Å². The molecule has 0 radical (unpaired) electrons. The Morgan fingerprint density at radius 3 is 2.47 bits per heavy atom. The van der Waals surface area contributed by atoms with Gasteiger partial charge in [0, 0.05) is 18.7 Å². The number of carbonyl (C=O) groups excluding carboxylic acids is 2. The van der Waals surface area contributed by atoms with Crippen LogP contribution < -0.4 is 4.80 Å². The van der Waals surface area contributed by atoms with E-state index in [1.165, 1.54) is 51.6 Å². The maximum Gasteiger partial charge on any atom is 0.325 e. The van der Waals surface area contributed by atoms with E-state index in [1.807, 2.05) is 6.07 Å². The first-order valence-electron chi connectivity index (χ1n) is 9.85. The highest BCUT2D eigenvalue weighted by molar-refractivity contribution is 7.89. The Bertz CT molecular complexity index is 1350. The zero-order chi connectivity index (χ0) is 22.9. The summed E-state index contributed by atoms with van der Waals surface area (Å²) in [6.07, 6.45) is 1.69. The normalized spacial score (nSPS) is 15.4. The molecule has 1 saturated heterocycles. The van der Waals surface area contributed by atoms with Crippen LogP contribution in [0.4, 0.5) is 0 Å². The SMILES string of the molecule is COC(=O)Cn1c(=NC(=O)c2ccc(S(=O)(=O)N3CCCC3)cc2)sc2cccc(Cl)c21. The summed E-state index contributed by atoms with van der Waals surface area (Å²) in [5.41, 5.74) is 0.821. The van der Waals surface area contributed by atoms with Gasteiger partial charge in [-0.05, 0) is 49.2 Å². The molecule has 0 saturated carbocycles. The van der Waals surface area contributed by atoms with Gasteiger partial charge in [-0.25, -0.2) is 8.42 Å². The fraction of sp³-hybridized carbons (Fsp3) is 0.286. The van der Waals surface area contributed by atoms with Gasteiger partial charge in [0.05, 0.1) is 27.2 Å². The molecule has 1 amide bonds. The number of aromatic nitrogens is 1. The van der Waals surface area contributed by atoms with Gasteiger partial charge < -0.3 is 9.30 Å². The molecular formula is C21H20ClN3O5S2. The van der Waals surface area contributed by atoms with Crippen molar-refractivity contribution in [2.45, 2.75) is 24.3 Å². The number of nitrogens with zero attached hydrogens (tertiary/aromatic N) is 3. The Labute approximate surface area is 193 Å². The molecule has 2 heterocycles. The van der Waals surface area contributed by atoms with Crippen LogP contribution in [0.15, 0.2) is 52.4 Å². The van der Waals surface area contributed by atoms with Crippen LogP contribution in [0.2, 0.25) is 5.02 Å². The average molecular weight is 494 g/mol. The van der Waals surface area contributed by atoms with E-state index >= 15 is 0 Å². The number of hydrogen-bond acceptors (Lipinski definition) is 6. The summed E-state index contributed by atoms with van der Waals surface area (Å²) in [5.74, 6) is -1.06. The second-order valence-corrected chi connectivity index (χ2v) is 10.5. The van der Waals surface area contributed by atoms with Gasteiger partial charge in [-0.1, -0.05) is 29.0 Å². The number of fused-ring (bicyclic) bond motifs is 1. The molecule has 11 heteroatoms. The van der Waals surface area contributed by atoms with Crippen LogP contribution in [-0.2, 0) is 26.1 Å². The van der Waals surface area contributed by atoms with E-state index in [2.05, 4.69) is 4.99 Å². The second kappa shape index (κ2) is 9.14. The number of benzene rings is 2. The zero-order valence-electron chi connectivity index (χ0n) is 17.2. The van der Waals surface area contributed by atoms with Gasteiger partial charge in [-0.3, -0.25) is 9.59 Å². The summed E-state index contributed by atoms with van der Waals surface area (Å²) in [7, 11) is -2.29. The lowest BCUT2D eigenvalue weighted by molar-refractivity contribution is -0.141. The van der Waals surface area contributed by atoms with E-state index < -0.39 is 21.9 Å². The quantitative estimate of drug-likeness (QED) is 0.509. The van der Waals surface area contributed by atoms with Crippen molar-refractivity contribution in [3.05, 3.63) is 57.9 Å². The molecule has 1 aliphatic rings. The number of esters is 1. The Hall–Kier alpha value is -2.53. The number of halogens is 1. The third-order valence-corrected chi connectivity index (χ3v) is 8.43. The molecule has 0 N–H and O–H groups in total. The summed E-state index contributed by atoms with van der Waals surface area (Å²) in [6, 6.07) is 11.0. The number of hydrogen-bond donors (Lipinski definition) is 0. The molecule has 4 rings (SSSR count). The number of rotatable bonds is 5. The van der Waals surface area contributed by atoms with Crippen LogP contribution >= 0.6 is 22.9 Å². The predicted molar refractivity (Wildman–Crippen MR) is 121 cm³/mol. The standard InChI is InChI=1S/C21H20ClN3O5S2/c1-30-18(26)13-25-19-16(22)5-4-6-17(19)31-21(25)23-20(27)14-7-9-15(10-8-14)32(28,29)24-11-2-3-12-24/h4-10H,2-3,11-13H2,1H3. The number of methoxy groups -OCH3 is 1. The second-order valence-electron chi connectivity index (χ2n) is 7.19. The molecule has 2 aromatic carbocycles. The molecule has 1 fully saturated rings. The van der Waals surface area contributed by atoms with E-state index in [1.54, 1.807) is 12.1 Å². The van der Waals surface area contributed by atoms with Crippen LogP contribution in [0.3, 0.4) is 0 Å². The average Bonchev–Trinajstić information content (AvgIpc) is 3.44. The number of amides is 1. The van der Waals surface area contributed by atoms with Gasteiger partial charge in [0.25, 0.3) is 5.91 Å². The molecule has 8 nitrogen and oxygen atoms in total. The Morgan fingerprint density at radius 2 is 1.81 bits per heavy atom. The van der Waals surface area contributed by atoms with Crippen molar-refractivity contribution in [3.8, 4) is 0 Å². The maximum absolute atomic E-state index is 12.8. The van der Waals surface area contributed by atoms with Gasteiger partial charge in [-0.2, -0.15) is 9.30 Å². The summed E-state index contributed by atoms with van der Waals surface area (Å²) < 4.78 is 33.9. The minimum Gasteiger partial charge on any atom is -0.468 e. The smallest absolute Gasteiger partial charge is 0.325 e. The van der Waals surface area contributed by atoms with Gasteiger partial charge >= 0.3 is 5.97 Å². The van der Waals surface area contributed by atoms with Crippen LogP contribution in [0.1, 0.15) is 23.2 Å². The highest BCUT2D eigenvalue weighted by Gasteiger charge is 2.27. The Morgan fingerprint density at radius 1 is 1.12 bits per heavy atom. The van der Waals surface area contributed by atoms with Crippen molar-refractivity contribution in [1.29, 1.82) is 0 Å². The predicted octanol–water partition coefficient (Wildman–Crippen LogP) is 3.05. The first-order valence-corrected chi connectivity index (χ1v) is 12.5.